The van der Waals surface area contributed by atoms with Crippen molar-refractivity contribution in [1.82, 2.24) is 20.1 Å². The molecule has 21 heavy (non-hydrogen) atoms. The lowest BCUT2D eigenvalue weighted by atomic mass is 10.1. The van der Waals surface area contributed by atoms with Gasteiger partial charge in [0.25, 0.3) is 0 Å². The Hall–Kier alpha value is -2.47. The summed E-state index contributed by atoms with van der Waals surface area (Å²) in [4.78, 5) is 11.4. The summed E-state index contributed by atoms with van der Waals surface area (Å²) in [6.07, 6.45) is 5.63. The fraction of sp³-hybridized carbons (Fsp3) is 0.267. The van der Waals surface area contributed by atoms with Gasteiger partial charge in [-0.3, -0.25) is 0 Å². The first-order chi connectivity index (χ1) is 10.3. The lowest BCUT2D eigenvalue weighted by Crippen LogP contribution is -2.14. The molecule has 0 aliphatic heterocycles. The first-order valence-corrected chi connectivity index (χ1v) is 6.91. The summed E-state index contributed by atoms with van der Waals surface area (Å²) in [5.41, 5.74) is 8.19. The molecule has 1 atom stereocenters. The summed E-state index contributed by atoms with van der Waals surface area (Å²) >= 11 is 0. The molecule has 6 heteroatoms. The van der Waals surface area contributed by atoms with Crippen LogP contribution < -0.4 is 5.73 Å². The largest absolute Gasteiger partial charge is 0.351 e. The second kappa shape index (κ2) is 6.32. The number of aryl methyl sites for hydroxylation is 2. The van der Waals surface area contributed by atoms with E-state index in [1.165, 1.54) is 5.56 Å². The van der Waals surface area contributed by atoms with E-state index in [1.807, 2.05) is 24.4 Å². The van der Waals surface area contributed by atoms with Crippen LogP contribution in [0.3, 0.4) is 0 Å². The lowest BCUT2D eigenvalue weighted by molar-refractivity contribution is 0.349. The van der Waals surface area contributed by atoms with Crippen LogP contribution in [0.25, 0.3) is 0 Å². The molecule has 3 aromatic rings. The van der Waals surface area contributed by atoms with E-state index in [2.05, 4.69) is 32.2 Å². The van der Waals surface area contributed by atoms with E-state index in [0.29, 0.717) is 18.1 Å². The molecule has 1 unspecified atom stereocenters. The van der Waals surface area contributed by atoms with Crippen molar-refractivity contribution < 1.29 is 4.52 Å². The van der Waals surface area contributed by atoms with E-state index < -0.39 is 0 Å². The molecule has 0 bridgehead atoms. The number of hydrogen-bond acceptors (Lipinski definition) is 5. The molecule has 0 fully saturated rings. The Labute approximate surface area is 122 Å². The predicted octanol–water partition coefficient (Wildman–Crippen LogP) is 1.82. The highest BCUT2D eigenvalue weighted by atomic mass is 16.5. The number of benzene rings is 1. The molecule has 0 radical (unpaired) electrons. The molecule has 3 N–H and O–H groups in total. The van der Waals surface area contributed by atoms with Gasteiger partial charge in [-0.15, -0.1) is 0 Å². The first-order valence-electron chi connectivity index (χ1n) is 6.91. The topological polar surface area (TPSA) is 93.6 Å². The van der Waals surface area contributed by atoms with Crippen LogP contribution in [-0.4, -0.2) is 20.1 Å². The summed E-state index contributed by atoms with van der Waals surface area (Å²) in [6, 6.07) is 9.90. The number of H-pyrrole nitrogens is 1. The third kappa shape index (κ3) is 3.55. The Morgan fingerprint density at radius 1 is 1.19 bits per heavy atom. The number of hydrogen-bond donors (Lipinski definition) is 2. The monoisotopic (exact) mass is 283 g/mol. The van der Waals surface area contributed by atoms with Gasteiger partial charge in [0, 0.05) is 19.0 Å². The Morgan fingerprint density at radius 2 is 2.05 bits per heavy atom. The molecule has 6 nitrogen and oxygen atoms in total. The Morgan fingerprint density at radius 3 is 2.81 bits per heavy atom. The fourth-order valence-electron chi connectivity index (χ4n) is 2.14. The minimum Gasteiger partial charge on any atom is -0.351 e. The Kier molecular flexibility index (Phi) is 4.07. The quantitative estimate of drug-likeness (QED) is 0.719. The summed E-state index contributed by atoms with van der Waals surface area (Å²) in [6.45, 7) is 0. The van der Waals surface area contributed by atoms with E-state index in [9.17, 15) is 0 Å². The van der Waals surface area contributed by atoms with Gasteiger partial charge >= 0.3 is 0 Å². The van der Waals surface area contributed by atoms with Crippen molar-refractivity contribution in [2.24, 2.45) is 5.73 Å². The fourth-order valence-corrected chi connectivity index (χ4v) is 2.14. The SMILES string of the molecule is NC(Cc1c[nH]cn1)c1nc(CCc2ccccc2)no1. The van der Waals surface area contributed by atoms with E-state index in [1.54, 1.807) is 6.33 Å². The summed E-state index contributed by atoms with van der Waals surface area (Å²) in [5, 5.41) is 3.99. The molecule has 0 saturated heterocycles. The molecule has 2 heterocycles. The Balaban J connectivity index is 1.58. The van der Waals surface area contributed by atoms with Crippen molar-refractivity contribution in [1.29, 1.82) is 0 Å². The van der Waals surface area contributed by atoms with Crippen molar-refractivity contribution in [3.8, 4) is 0 Å². The highest BCUT2D eigenvalue weighted by molar-refractivity contribution is 5.15. The average Bonchev–Trinajstić information content (AvgIpc) is 3.17. The molecule has 3 rings (SSSR count). The molecule has 2 aromatic heterocycles. The normalized spacial score (nSPS) is 12.4. The standard InChI is InChI=1S/C15H17N5O/c16-13(8-12-9-17-10-18-12)15-19-14(20-21-15)7-6-11-4-2-1-3-5-11/h1-5,9-10,13H,6-8,16H2,(H,17,18). The van der Waals surface area contributed by atoms with E-state index in [4.69, 9.17) is 10.3 Å². The van der Waals surface area contributed by atoms with Gasteiger partial charge in [0.2, 0.25) is 5.89 Å². The van der Waals surface area contributed by atoms with Gasteiger partial charge in [0.05, 0.1) is 18.1 Å². The number of aromatic nitrogens is 4. The maximum Gasteiger partial charge on any atom is 0.243 e. The molecule has 0 amide bonds. The molecule has 108 valence electrons. The number of aromatic amines is 1. The summed E-state index contributed by atoms with van der Waals surface area (Å²) in [7, 11) is 0. The molecular weight excluding hydrogens is 266 g/mol. The van der Waals surface area contributed by atoms with Crippen LogP contribution in [0.1, 0.15) is 29.0 Å². The van der Waals surface area contributed by atoms with Crippen LogP contribution in [-0.2, 0) is 19.3 Å². The molecule has 0 saturated carbocycles. The van der Waals surface area contributed by atoms with Gasteiger partial charge in [0.1, 0.15) is 0 Å². The Bertz CT molecular complexity index is 662. The van der Waals surface area contributed by atoms with Gasteiger partial charge in [-0.2, -0.15) is 4.98 Å². The lowest BCUT2D eigenvalue weighted by Gasteiger charge is -2.02. The van der Waals surface area contributed by atoms with E-state index in [-0.39, 0.29) is 6.04 Å². The van der Waals surface area contributed by atoms with Crippen molar-refractivity contribution in [2.45, 2.75) is 25.3 Å². The smallest absolute Gasteiger partial charge is 0.243 e. The molecule has 1 aromatic carbocycles. The maximum absolute atomic E-state index is 6.06. The number of nitrogens with one attached hydrogen (secondary N) is 1. The van der Waals surface area contributed by atoms with Crippen molar-refractivity contribution in [3.05, 3.63) is 65.8 Å². The molecule has 0 aliphatic rings. The minimum absolute atomic E-state index is 0.328. The average molecular weight is 283 g/mol. The van der Waals surface area contributed by atoms with Gasteiger partial charge in [-0.05, 0) is 12.0 Å². The van der Waals surface area contributed by atoms with Gasteiger partial charge < -0.3 is 15.2 Å². The van der Waals surface area contributed by atoms with Gasteiger partial charge in [0.15, 0.2) is 5.82 Å². The van der Waals surface area contributed by atoms with Crippen LogP contribution in [0, 0.1) is 0 Å². The van der Waals surface area contributed by atoms with Crippen LogP contribution >= 0.6 is 0 Å². The highest BCUT2D eigenvalue weighted by Crippen LogP contribution is 2.13. The van der Waals surface area contributed by atoms with Crippen LogP contribution in [0.4, 0.5) is 0 Å². The van der Waals surface area contributed by atoms with Gasteiger partial charge in [-0.25, -0.2) is 4.98 Å². The molecule has 0 spiro atoms. The zero-order chi connectivity index (χ0) is 14.5. The second-order valence-corrected chi connectivity index (χ2v) is 4.91. The van der Waals surface area contributed by atoms with Crippen LogP contribution in [0.5, 0.6) is 0 Å². The molecular formula is C15H17N5O. The van der Waals surface area contributed by atoms with Crippen molar-refractivity contribution in [3.63, 3.8) is 0 Å². The van der Waals surface area contributed by atoms with Crippen molar-refractivity contribution >= 4 is 0 Å². The third-order valence-electron chi connectivity index (χ3n) is 3.27. The first kappa shape index (κ1) is 13.5. The molecule has 0 aliphatic carbocycles. The van der Waals surface area contributed by atoms with Crippen LogP contribution in [0.2, 0.25) is 0 Å². The maximum atomic E-state index is 6.06. The number of nitrogens with two attached hydrogens (primary N) is 1. The zero-order valence-corrected chi connectivity index (χ0v) is 11.6. The predicted molar refractivity (Wildman–Crippen MR) is 77.4 cm³/mol. The summed E-state index contributed by atoms with van der Waals surface area (Å²) in [5.74, 6) is 1.15. The number of imidazole rings is 1. The van der Waals surface area contributed by atoms with Crippen LogP contribution in [0.15, 0.2) is 47.4 Å². The van der Waals surface area contributed by atoms with Gasteiger partial charge in [-0.1, -0.05) is 35.5 Å². The number of rotatable bonds is 6. The van der Waals surface area contributed by atoms with Crippen molar-refractivity contribution in [2.75, 3.05) is 0 Å². The minimum atomic E-state index is -0.328. The van der Waals surface area contributed by atoms with E-state index in [0.717, 1.165) is 18.5 Å². The number of nitrogens with zero attached hydrogens (tertiary/aromatic N) is 3. The summed E-state index contributed by atoms with van der Waals surface area (Å²) < 4.78 is 5.24. The zero-order valence-electron chi connectivity index (χ0n) is 11.6. The van der Waals surface area contributed by atoms with E-state index >= 15 is 0 Å². The highest BCUT2D eigenvalue weighted by Gasteiger charge is 2.16. The second-order valence-electron chi connectivity index (χ2n) is 4.91. The third-order valence-corrected chi connectivity index (χ3v) is 3.27.